The summed E-state index contributed by atoms with van der Waals surface area (Å²) in [7, 11) is 1.60. The number of aromatic amines is 1. The molecule has 3 N–H and O–H groups in total. The van der Waals surface area contributed by atoms with Gasteiger partial charge in [-0.15, -0.1) is 0 Å². The summed E-state index contributed by atoms with van der Waals surface area (Å²) in [6.07, 6.45) is 5.06. The monoisotopic (exact) mass is 231 g/mol. The van der Waals surface area contributed by atoms with Crippen molar-refractivity contribution in [2.45, 2.75) is 0 Å². The Morgan fingerprint density at radius 1 is 1.41 bits per heavy atom. The van der Waals surface area contributed by atoms with Gasteiger partial charge in [0.25, 0.3) is 0 Å². The molecule has 88 valence electrons. The van der Waals surface area contributed by atoms with Gasteiger partial charge in [-0.2, -0.15) is 0 Å². The van der Waals surface area contributed by atoms with Crippen LogP contribution in [0, 0.1) is 0 Å². The van der Waals surface area contributed by atoms with Gasteiger partial charge in [0.2, 0.25) is 5.91 Å². The molecule has 0 fully saturated rings. The number of hydrogen-bond acceptors (Lipinski definition) is 4. The predicted molar refractivity (Wildman–Crippen MR) is 64.4 cm³/mol. The summed E-state index contributed by atoms with van der Waals surface area (Å²) in [6, 6.07) is 3.72. The van der Waals surface area contributed by atoms with Crippen LogP contribution >= 0.6 is 0 Å². The summed E-state index contributed by atoms with van der Waals surface area (Å²) >= 11 is 0. The fourth-order valence-electron chi connectivity index (χ4n) is 1.33. The Bertz CT molecular complexity index is 494. The molecule has 6 heteroatoms. The van der Waals surface area contributed by atoms with E-state index in [2.05, 4.69) is 25.6 Å². The molecule has 2 rings (SSSR count). The van der Waals surface area contributed by atoms with E-state index in [1.165, 1.54) is 0 Å². The number of imidazole rings is 1. The lowest BCUT2D eigenvalue weighted by molar-refractivity contribution is -0.118. The molecule has 0 bridgehead atoms. The van der Waals surface area contributed by atoms with Crippen molar-refractivity contribution in [3.63, 3.8) is 0 Å². The summed E-state index contributed by atoms with van der Waals surface area (Å²) in [4.78, 5) is 22.3. The normalized spacial score (nSPS) is 9.94. The van der Waals surface area contributed by atoms with Crippen LogP contribution in [-0.4, -0.2) is 34.5 Å². The van der Waals surface area contributed by atoms with Gasteiger partial charge in [0, 0.05) is 25.0 Å². The lowest BCUT2D eigenvalue weighted by atomic mass is 10.3. The van der Waals surface area contributed by atoms with Crippen LogP contribution in [0.4, 0.5) is 5.82 Å². The number of carbonyl (C=O) groups is 1. The quantitative estimate of drug-likeness (QED) is 0.720. The lowest BCUT2D eigenvalue weighted by Crippen LogP contribution is -2.26. The fraction of sp³-hybridized carbons (Fsp3) is 0.182. The Morgan fingerprint density at radius 2 is 2.18 bits per heavy atom. The molecule has 0 unspecified atom stereocenters. The molecule has 0 atom stereocenters. The van der Waals surface area contributed by atoms with Crippen LogP contribution in [0.1, 0.15) is 0 Å². The average Bonchev–Trinajstić information content (AvgIpc) is 2.86. The second kappa shape index (κ2) is 5.11. The first-order chi connectivity index (χ1) is 8.29. The SMILES string of the molecule is CNC(=O)CNc1cnc(-c2ccncc2)[nH]1. The first-order valence-corrected chi connectivity index (χ1v) is 5.19. The third-order valence-electron chi connectivity index (χ3n) is 2.25. The second-order valence-corrected chi connectivity index (χ2v) is 3.41. The largest absolute Gasteiger partial charge is 0.361 e. The van der Waals surface area contributed by atoms with Crippen molar-refractivity contribution in [3.8, 4) is 11.4 Å². The Balaban J connectivity index is 2.04. The van der Waals surface area contributed by atoms with Gasteiger partial charge in [-0.3, -0.25) is 9.78 Å². The third kappa shape index (κ3) is 2.81. The smallest absolute Gasteiger partial charge is 0.239 e. The second-order valence-electron chi connectivity index (χ2n) is 3.41. The zero-order valence-electron chi connectivity index (χ0n) is 9.40. The molecule has 0 aliphatic heterocycles. The van der Waals surface area contributed by atoms with Crippen LogP contribution in [-0.2, 0) is 4.79 Å². The minimum atomic E-state index is -0.0786. The molecule has 2 heterocycles. The minimum absolute atomic E-state index is 0.0786. The van der Waals surface area contributed by atoms with Crippen molar-refractivity contribution in [2.24, 2.45) is 0 Å². The number of H-pyrrole nitrogens is 1. The van der Waals surface area contributed by atoms with Gasteiger partial charge in [-0.05, 0) is 12.1 Å². The molecular weight excluding hydrogens is 218 g/mol. The van der Waals surface area contributed by atoms with Crippen molar-refractivity contribution in [2.75, 3.05) is 18.9 Å². The predicted octanol–water partition coefficient (Wildman–Crippen LogP) is 0.630. The van der Waals surface area contributed by atoms with Crippen molar-refractivity contribution in [1.82, 2.24) is 20.3 Å². The number of likely N-dealkylation sites (N-methyl/N-ethyl adjacent to an activating group) is 1. The number of nitrogens with zero attached hydrogens (tertiary/aromatic N) is 2. The Labute approximate surface area is 98.5 Å². The number of nitrogens with one attached hydrogen (secondary N) is 3. The van der Waals surface area contributed by atoms with Crippen molar-refractivity contribution >= 4 is 11.7 Å². The summed E-state index contributed by atoms with van der Waals surface area (Å²) in [5.74, 6) is 1.37. The first-order valence-electron chi connectivity index (χ1n) is 5.19. The van der Waals surface area contributed by atoms with Gasteiger partial charge >= 0.3 is 0 Å². The maximum atomic E-state index is 11.0. The maximum Gasteiger partial charge on any atom is 0.239 e. The Kier molecular flexibility index (Phi) is 3.34. The van der Waals surface area contributed by atoms with Crippen molar-refractivity contribution < 1.29 is 4.79 Å². The standard InChI is InChI=1S/C11H13N5O/c1-12-10(17)7-14-9-6-15-11(16-9)8-2-4-13-5-3-8/h2-6,14H,7H2,1H3,(H,12,17)(H,15,16). The van der Waals surface area contributed by atoms with E-state index in [1.54, 1.807) is 25.6 Å². The topological polar surface area (TPSA) is 82.7 Å². The minimum Gasteiger partial charge on any atom is -0.361 e. The molecule has 0 saturated heterocycles. The van der Waals surface area contributed by atoms with E-state index < -0.39 is 0 Å². The van der Waals surface area contributed by atoms with Gasteiger partial charge in [0.15, 0.2) is 0 Å². The van der Waals surface area contributed by atoms with E-state index in [1.807, 2.05) is 12.1 Å². The highest BCUT2D eigenvalue weighted by atomic mass is 16.1. The number of pyridine rings is 1. The highest BCUT2D eigenvalue weighted by Gasteiger charge is 2.03. The highest BCUT2D eigenvalue weighted by molar-refractivity contribution is 5.80. The fourth-order valence-corrected chi connectivity index (χ4v) is 1.33. The molecule has 17 heavy (non-hydrogen) atoms. The molecule has 6 nitrogen and oxygen atoms in total. The maximum absolute atomic E-state index is 11.0. The molecule has 0 aliphatic rings. The summed E-state index contributed by atoms with van der Waals surface area (Å²) in [5.41, 5.74) is 0.952. The van der Waals surface area contributed by atoms with E-state index in [0.29, 0.717) is 5.82 Å². The van der Waals surface area contributed by atoms with Crippen molar-refractivity contribution in [3.05, 3.63) is 30.7 Å². The van der Waals surface area contributed by atoms with E-state index in [0.717, 1.165) is 11.4 Å². The van der Waals surface area contributed by atoms with Gasteiger partial charge in [0.05, 0.1) is 12.7 Å². The molecule has 0 spiro atoms. The Hall–Kier alpha value is -2.37. The first kappa shape index (κ1) is 11.1. The van der Waals surface area contributed by atoms with Crippen LogP contribution < -0.4 is 10.6 Å². The van der Waals surface area contributed by atoms with Crippen LogP contribution in [0.5, 0.6) is 0 Å². The van der Waals surface area contributed by atoms with Crippen LogP contribution in [0.15, 0.2) is 30.7 Å². The number of hydrogen-bond donors (Lipinski definition) is 3. The zero-order valence-corrected chi connectivity index (χ0v) is 9.40. The number of carbonyl (C=O) groups excluding carboxylic acids is 1. The molecular formula is C11H13N5O. The number of aromatic nitrogens is 3. The van der Waals surface area contributed by atoms with E-state index in [-0.39, 0.29) is 12.5 Å². The molecule has 0 radical (unpaired) electrons. The molecule has 0 saturated carbocycles. The lowest BCUT2D eigenvalue weighted by Gasteiger charge is -2.01. The number of rotatable bonds is 4. The van der Waals surface area contributed by atoms with Crippen LogP contribution in [0.25, 0.3) is 11.4 Å². The van der Waals surface area contributed by atoms with E-state index in [9.17, 15) is 4.79 Å². The molecule has 2 aromatic heterocycles. The number of anilines is 1. The summed E-state index contributed by atoms with van der Waals surface area (Å²) < 4.78 is 0. The Morgan fingerprint density at radius 3 is 2.88 bits per heavy atom. The summed E-state index contributed by atoms with van der Waals surface area (Å²) in [5, 5.41) is 5.47. The van der Waals surface area contributed by atoms with Gasteiger partial charge in [-0.25, -0.2) is 4.98 Å². The average molecular weight is 231 g/mol. The van der Waals surface area contributed by atoms with E-state index in [4.69, 9.17) is 0 Å². The third-order valence-corrected chi connectivity index (χ3v) is 2.25. The zero-order chi connectivity index (χ0) is 12.1. The number of amides is 1. The molecule has 0 aromatic carbocycles. The molecule has 0 aliphatic carbocycles. The molecule has 1 amide bonds. The van der Waals surface area contributed by atoms with E-state index >= 15 is 0 Å². The van der Waals surface area contributed by atoms with Gasteiger partial charge in [0.1, 0.15) is 11.6 Å². The van der Waals surface area contributed by atoms with Crippen LogP contribution in [0.2, 0.25) is 0 Å². The molecule has 2 aromatic rings. The van der Waals surface area contributed by atoms with Gasteiger partial charge in [-0.1, -0.05) is 0 Å². The van der Waals surface area contributed by atoms with Crippen molar-refractivity contribution in [1.29, 1.82) is 0 Å². The van der Waals surface area contributed by atoms with Crippen LogP contribution in [0.3, 0.4) is 0 Å². The summed E-state index contributed by atoms with van der Waals surface area (Å²) in [6.45, 7) is 0.217. The van der Waals surface area contributed by atoms with Gasteiger partial charge < -0.3 is 15.6 Å². The highest BCUT2D eigenvalue weighted by Crippen LogP contribution is 2.15.